The molecule has 0 unspecified atom stereocenters. The van der Waals surface area contributed by atoms with Crippen LogP contribution in [-0.2, 0) is 13.1 Å². The van der Waals surface area contributed by atoms with Gasteiger partial charge in [-0.15, -0.1) is 0 Å². The van der Waals surface area contributed by atoms with Gasteiger partial charge in [-0.05, 0) is 44.2 Å². The summed E-state index contributed by atoms with van der Waals surface area (Å²) in [6, 6.07) is 17.6. The highest BCUT2D eigenvalue weighted by molar-refractivity contribution is 5.81. The number of hydrogen-bond acceptors (Lipinski definition) is 5. The lowest BCUT2D eigenvalue weighted by Crippen LogP contribution is -2.47. The van der Waals surface area contributed by atoms with Crippen LogP contribution in [0.25, 0.3) is 11.0 Å². The van der Waals surface area contributed by atoms with Crippen LogP contribution >= 0.6 is 0 Å². The maximum absolute atomic E-state index is 12.0. The topological polar surface area (TPSA) is 54.7 Å². The van der Waals surface area contributed by atoms with Crippen LogP contribution in [0.15, 0.2) is 63.8 Å². The SMILES string of the molecule is COc1ccc2c(CNC(C)(C)CN(C)Cc3ccccc3)cc(=O)oc2c1. The van der Waals surface area contributed by atoms with Crippen molar-refractivity contribution in [1.82, 2.24) is 10.2 Å². The van der Waals surface area contributed by atoms with Crippen molar-refractivity contribution in [1.29, 1.82) is 0 Å². The second-order valence-electron chi connectivity index (χ2n) is 7.85. The number of hydrogen-bond donors (Lipinski definition) is 1. The molecule has 5 nitrogen and oxygen atoms in total. The van der Waals surface area contributed by atoms with Crippen LogP contribution in [0, 0.1) is 0 Å². The number of rotatable bonds is 8. The molecule has 0 amide bonds. The zero-order valence-electron chi connectivity index (χ0n) is 17.0. The van der Waals surface area contributed by atoms with Gasteiger partial charge in [0.25, 0.3) is 0 Å². The fourth-order valence-corrected chi connectivity index (χ4v) is 3.50. The smallest absolute Gasteiger partial charge is 0.336 e. The molecular formula is C23H28N2O3. The number of nitrogens with one attached hydrogen (secondary N) is 1. The molecule has 5 heteroatoms. The molecule has 0 radical (unpaired) electrons. The number of ether oxygens (including phenoxy) is 1. The average molecular weight is 380 g/mol. The summed E-state index contributed by atoms with van der Waals surface area (Å²) in [5.74, 6) is 0.670. The first-order valence-corrected chi connectivity index (χ1v) is 9.44. The number of fused-ring (bicyclic) bond motifs is 1. The van der Waals surface area contributed by atoms with Gasteiger partial charge in [-0.1, -0.05) is 30.3 Å². The number of likely N-dealkylation sites (N-methyl/N-ethyl adjacent to an activating group) is 1. The van der Waals surface area contributed by atoms with Gasteiger partial charge in [0.1, 0.15) is 11.3 Å². The second kappa shape index (κ2) is 8.59. The van der Waals surface area contributed by atoms with Crippen molar-refractivity contribution in [3.63, 3.8) is 0 Å². The molecule has 0 saturated heterocycles. The molecule has 0 aliphatic heterocycles. The van der Waals surface area contributed by atoms with Crippen molar-refractivity contribution in [2.75, 3.05) is 20.7 Å². The summed E-state index contributed by atoms with van der Waals surface area (Å²) < 4.78 is 10.6. The Bertz CT molecular complexity index is 980. The fraction of sp³-hybridized carbons (Fsp3) is 0.348. The van der Waals surface area contributed by atoms with E-state index in [9.17, 15) is 4.79 Å². The quantitative estimate of drug-likeness (QED) is 0.603. The molecular weight excluding hydrogens is 352 g/mol. The molecule has 28 heavy (non-hydrogen) atoms. The van der Waals surface area contributed by atoms with Gasteiger partial charge in [0, 0.05) is 42.7 Å². The summed E-state index contributed by atoms with van der Waals surface area (Å²) in [6.45, 7) is 6.69. The lowest BCUT2D eigenvalue weighted by Gasteiger charge is -2.32. The van der Waals surface area contributed by atoms with E-state index in [2.05, 4.69) is 55.4 Å². The average Bonchev–Trinajstić information content (AvgIpc) is 2.65. The Hall–Kier alpha value is -2.63. The maximum atomic E-state index is 12.0. The molecule has 148 valence electrons. The Morgan fingerprint density at radius 1 is 1.11 bits per heavy atom. The minimum atomic E-state index is -0.350. The highest BCUT2D eigenvalue weighted by atomic mass is 16.5. The predicted molar refractivity (Wildman–Crippen MR) is 113 cm³/mol. The van der Waals surface area contributed by atoms with Crippen LogP contribution < -0.4 is 15.7 Å². The molecule has 0 atom stereocenters. The first kappa shape index (κ1) is 20.1. The van der Waals surface area contributed by atoms with Gasteiger partial charge < -0.3 is 19.4 Å². The summed E-state index contributed by atoms with van der Waals surface area (Å²) in [4.78, 5) is 14.3. The van der Waals surface area contributed by atoms with Crippen molar-refractivity contribution in [3.05, 3.63) is 76.1 Å². The van der Waals surface area contributed by atoms with E-state index in [4.69, 9.17) is 9.15 Å². The van der Waals surface area contributed by atoms with Gasteiger partial charge in [-0.3, -0.25) is 0 Å². The largest absolute Gasteiger partial charge is 0.497 e. The van der Waals surface area contributed by atoms with E-state index < -0.39 is 0 Å². The third kappa shape index (κ3) is 5.21. The minimum Gasteiger partial charge on any atom is -0.497 e. The van der Waals surface area contributed by atoms with Crippen molar-refractivity contribution < 1.29 is 9.15 Å². The predicted octanol–water partition coefficient (Wildman–Crippen LogP) is 3.80. The minimum absolute atomic E-state index is 0.127. The van der Waals surface area contributed by atoms with Gasteiger partial charge >= 0.3 is 5.63 Å². The van der Waals surface area contributed by atoms with Gasteiger partial charge in [-0.25, -0.2) is 4.79 Å². The van der Waals surface area contributed by atoms with E-state index in [0.29, 0.717) is 17.9 Å². The molecule has 0 spiro atoms. The molecule has 3 rings (SSSR count). The lowest BCUT2D eigenvalue weighted by atomic mass is 10.0. The highest BCUT2D eigenvalue weighted by Crippen LogP contribution is 2.23. The van der Waals surface area contributed by atoms with Crippen molar-refractivity contribution in [3.8, 4) is 5.75 Å². The molecule has 0 bridgehead atoms. The summed E-state index contributed by atoms with van der Waals surface area (Å²) in [5.41, 5.74) is 2.28. The van der Waals surface area contributed by atoms with Gasteiger partial charge in [0.2, 0.25) is 0 Å². The standard InChI is InChI=1S/C23H28N2O3/c1-23(2,16-25(3)15-17-8-6-5-7-9-17)24-14-18-12-22(26)28-21-13-19(27-4)10-11-20(18)21/h5-13,24H,14-16H2,1-4H3. The number of nitrogens with zero attached hydrogens (tertiary/aromatic N) is 1. The second-order valence-corrected chi connectivity index (χ2v) is 7.85. The van der Waals surface area contributed by atoms with Crippen molar-refractivity contribution in [2.24, 2.45) is 0 Å². The molecule has 1 N–H and O–H groups in total. The molecule has 2 aromatic carbocycles. The summed E-state index contributed by atoms with van der Waals surface area (Å²) in [5, 5.41) is 4.50. The zero-order chi connectivity index (χ0) is 20.1. The zero-order valence-corrected chi connectivity index (χ0v) is 17.0. The molecule has 0 saturated carbocycles. The lowest BCUT2D eigenvalue weighted by molar-refractivity contribution is 0.228. The Morgan fingerprint density at radius 2 is 1.86 bits per heavy atom. The molecule has 0 aliphatic carbocycles. The van der Waals surface area contributed by atoms with E-state index in [1.165, 1.54) is 5.56 Å². The van der Waals surface area contributed by atoms with E-state index in [1.54, 1.807) is 19.2 Å². The fourth-order valence-electron chi connectivity index (χ4n) is 3.50. The Kier molecular flexibility index (Phi) is 6.17. The summed E-state index contributed by atoms with van der Waals surface area (Å²) in [6.07, 6.45) is 0. The van der Waals surface area contributed by atoms with Crippen molar-refractivity contribution in [2.45, 2.75) is 32.5 Å². The molecule has 3 aromatic rings. The van der Waals surface area contributed by atoms with Crippen LogP contribution in [0.3, 0.4) is 0 Å². The maximum Gasteiger partial charge on any atom is 0.336 e. The van der Waals surface area contributed by atoms with E-state index in [0.717, 1.165) is 24.0 Å². The summed E-state index contributed by atoms with van der Waals surface area (Å²) >= 11 is 0. The van der Waals surface area contributed by atoms with E-state index in [-0.39, 0.29) is 11.2 Å². The molecule has 0 fully saturated rings. The number of methoxy groups -OCH3 is 1. The third-order valence-electron chi connectivity index (χ3n) is 4.76. The van der Waals surface area contributed by atoms with Crippen LogP contribution in [0.4, 0.5) is 0 Å². The van der Waals surface area contributed by atoms with Gasteiger partial charge in [0.15, 0.2) is 0 Å². The van der Waals surface area contributed by atoms with E-state index in [1.807, 2.05) is 18.2 Å². The van der Waals surface area contributed by atoms with Crippen molar-refractivity contribution >= 4 is 11.0 Å². The summed E-state index contributed by atoms with van der Waals surface area (Å²) in [7, 11) is 3.72. The van der Waals surface area contributed by atoms with Gasteiger partial charge in [-0.2, -0.15) is 0 Å². The first-order chi connectivity index (χ1) is 13.4. The molecule has 0 aliphatic rings. The first-order valence-electron chi connectivity index (χ1n) is 9.44. The highest BCUT2D eigenvalue weighted by Gasteiger charge is 2.20. The van der Waals surface area contributed by atoms with Crippen LogP contribution in [0.2, 0.25) is 0 Å². The molecule has 1 aromatic heterocycles. The Balaban J connectivity index is 1.69. The van der Waals surface area contributed by atoms with Crippen LogP contribution in [0.5, 0.6) is 5.75 Å². The van der Waals surface area contributed by atoms with Gasteiger partial charge in [0.05, 0.1) is 7.11 Å². The monoisotopic (exact) mass is 380 g/mol. The Labute approximate surface area is 165 Å². The van der Waals surface area contributed by atoms with Crippen LogP contribution in [0.1, 0.15) is 25.0 Å². The number of benzene rings is 2. The normalized spacial score (nSPS) is 11.9. The third-order valence-corrected chi connectivity index (χ3v) is 4.76. The van der Waals surface area contributed by atoms with Crippen LogP contribution in [-0.4, -0.2) is 31.1 Å². The Morgan fingerprint density at radius 3 is 2.57 bits per heavy atom. The molecule has 1 heterocycles. The van der Waals surface area contributed by atoms with E-state index >= 15 is 0 Å².